The SMILES string of the molecule is Cl.O=c1ccc2cc(OCCN3CCCC3)c(O)cc2o1. The molecule has 1 aliphatic rings. The fraction of sp³-hybridized carbons (Fsp3) is 0.400. The van der Waals surface area contributed by atoms with Gasteiger partial charge in [-0.2, -0.15) is 0 Å². The lowest BCUT2D eigenvalue weighted by atomic mass is 10.2. The lowest BCUT2D eigenvalue weighted by Gasteiger charge is -2.15. The van der Waals surface area contributed by atoms with E-state index in [1.165, 1.54) is 25.0 Å². The second-order valence-electron chi connectivity index (χ2n) is 5.01. The lowest BCUT2D eigenvalue weighted by Crippen LogP contribution is -2.25. The van der Waals surface area contributed by atoms with Gasteiger partial charge in [0.2, 0.25) is 0 Å². The first-order valence-electron chi connectivity index (χ1n) is 6.84. The van der Waals surface area contributed by atoms with E-state index >= 15 is 0 Å². The highest BCUT2D eigenvalue weighted by atomic mass is 35.5. The molecule has 1 fully saturated rings. The number of fused-ring (bicyclic) bond motifs is 1. The van der Waals surface area contributed by atoms with Gasteiger partial charge in [-0.25, -0.2) is 4.79 Å². The van der Waals surface area contributed by atoms with E-state index in [9.17, 15) is 9.90 Å². The quantitative estimate of drug-likeness (QED) is 0.878. The number of aromatic hydroxyl groups is 1. The normalized spacial score (nSPS) is 15.0. The number of halogens is 1. The number of likely N-dealkylation sites (tertiary alicyclic amines) is 1. The third-order valence-corrected chi connectivity index (χ3v) is 3.56. The van der Waals surface area contributed by atoms with Crippen molar-refractivity contribution in [3.8, 4) is 11.5 Å². The number of phenolic OH excluding ortho intramolecular Hbond substituents is 1. The number of benzene rings is 1. The summed E-state index contributed by atoms with van der Waals surface area (Å²) in [5.41, 5.74) is -0.0681. The van der Waals surface area contributed by atoms with Gasteiger partial charge in [0.15, 0.2) is 11.5 Å². The van der Waals surface area contributed by atoms with Crippen molar-refractivity contribution in [3.05, 3.63) is 34.7 Å². The number of phenols is 1. The highest BCUT2D eigenvalue weighted by molar-refractivity contribution is 5.85. The second-order valence-corrected chi connectivity index (χ2v) is 5.01. The number of hydrogen-bond acceptors (Lipinski definition) is 5. The van der Waals surface area contributed by atoms with E-state index in [-0.39, 0.29) is 18.2 Å². The molecule has 1 aromatic heterocycles. The van der Waals surface area contributed by atoms with E-state index in [4.69, 9.17) is 9.15 Å². The van der Waals surface area contributed by atoms with Gasteiger partial charge >= 0.3 is 5.63 Å². The van der Waals surface area contributed by atoms with Crippen molar-refractivity contribution >= 4 is 23.4 Å². The molecule has 0 aliphatic carbocycles. The Kier molecular flexibility index (Phi) is 5.09. The summed E-state index contributed by atoms with van der Waals surface area (Å²) >= 11 is 0. The van der Waals surface area contributed by atoms with E-state index in [0.29, 0.717) is 17.9 Å². The molecular weight excluding hydrogens is 294 g/mol. The predicted molar refractivity (Wildman–Crippen MR) is 82.6 cm³/mol. The van der Waals surface area contributed by atoms with E-state index in [1.807, 2.05) is 0 Å². The van der Waals surface area contributed by atoms with Crippen LogP contribution < -0.4 is 10.4 Å². The molecule has 0 amide bonds. The fourth-order valence-corrected chi connectivity index (χ4v) is 2.49. The Morgan fingerprint density at radius 3 is 2.76 bits per heavy atom. The minimum absolute atomic E-state index is 0. The Balaban J connectivity index is 0.00000161. The molecule has 1 aromatic carbocycles. The maximum Gasteiger partial charge on any atom is 0.336 e. The van der Waals surface area contributed by atoms with E-state index < -0.39 is 5.63 Å². The van der Waals surface area contributed by atoms with Crippen LogP contribution in [0.4, 0.5) is 0 Å². The van der Waals surface area contributed by atoms with Crippen LogP contribution in [0.5, 0.6) is 11.5 Å². The van der Waals surface area contributed by atoms with Crippen molar-refractivity contribution in [3.63, 3.8) is 0 Å². The summed E-state index contributed by atoms with van der Waals surface area (Å²) in [4.78, 5) is 13.5. The van der Waals surface area contributed by atoms with Crippen molar-refractivity contribution in [2.45, 2.75) is 12.8 Å². The molecule has 0 radical (unpaired) electrons. The third kappa shape index (κ3) is 3.68. The number of rotatable bonds is 4. The van der Waals surface area contributed by atoms with Gasteiger partial charge in [0.1, 0.15) is 12.2 Å². The van der Waals surface area contributed by atoms with Crippen molar-refractivity contribution in [1.29, 1.82) is 0 Å². The molecule has 2 aromatic rings. The smallest absolute Gasteiger partial charge is 0.336 e. The van der Waals surface area contributed by atoms with Crippen LogP contribution in [0.2, 0.25) is 0 Å². The minimum Gasteiger partial charge on any atom is -0.504 e. The topological polar surface area (TPSA) is 62.9 Å². The number of hydrogen-bond donors (Lipinski definition) is 1. The van der Waals surface area contributed by atoms with Gasteiger partial charge in [0.05, 0.1) is 0 Å². The van der Waals surface area contributed by atoms with Crippen LogP contribution in [-0.4, -0.2) is 36.2 Å². The summed E-state index contributed by atoms with van der Waals surface area (Å²) in [5, 5.41) is 10.6. The maximum absolute atomic E-state index is 11.1. The van der Waals surface area contributed by atoms with Gasteiger partial charge in [-0.15, -0.1) is 12.4 Å². The summed E-state index contributed by atoms with van der Waals surface area (Å²) in [5.74, 6) is 0.416. The Labute approximate surface area is 128 Å². The first kappa shape index (κ1) is 15.7. The molecule has 114 valence electrons. The Morgan fingerprint density at radius 1 is 1.24 bits per heavy atom. The Hall–Kier alpha value is -1.72. The summed E-state index contributed by atoms with van der Waals surface area (Å²) in [6, 6.07) is 6.13. The number of ether oxygens (including phenoxy) is 1. The molecule has 6 heteroatoms. The average molecular weight is 312 g/mol. The zero-order valence-electron chi connectivity index (χ0n) is 11.6. The molecule has 1 N–H and O–H groups in total. The van der Waals surface area contributed by atoms with Crippen molar-refractivity contribution in [2.24, 2.45) is 0 Å². The van der Waals surface area contributed by atoms with Crippen LogP contribution in [-0.2, 0) is 0 Å². The van der Waals surface area contributed by atoms with Gasteiger partial charge in [0, 0.05) is 24.1 Å². The van der Waals surface area contributed by atoms with E-state index in [0.717, 1.165) is 25.0 Å². The molecule has 0 saturated carbocycles. The molecule has 1 saturated heterocycles. The minimum atomic E-state index is -0.431. The number of nitrogens with zero attached hydrogens (tertiary/aromatic N) is 1. The third-order valence-electron chi connectivity index (χ3n) is 3.56. The van der Waals surface area contributed by atoms with Crippen LogP contribution >= 0.6 is 12.4 Å². The molecular formula is C15H18ClNO4. The summed E-state index contributed by atoms with van der Waals surface area (Å²) in [7, 11) is 0. The summed E-state index contributed by atoms with van der Waals surface area (Å²) in [6.45, 7) is 3.65. The van der Waals surface area contributed by atoms with Gasteiger partial charge in [-0.3, -0.25) is 4.90 Å². The Bertz CT molecular complexity index is 664. The van der Waals surface area contributed by atoms with Crippen LogP contribution in [0.25, 0.3) is 11.0 Å². The predicted octanol–water partition coefficient (Wildman–Crippen LogP) is 2.40. The van der Waals surface area contributed by atoms with Crippen LogP contribution in [0.3, 0.4) is 0 Å². The Morgan fingerprint density at radius 2 is 2.00 bits per heavy atom. The van der Waals surface area contributed by atoms with Gasteiger partial charge < -0.3 is 14.3 Å². The van der Waals surface area contributed by atoms with Gasteiger partial charge in [-0.05, 0) is 38.1 Å². The first-order chi connectivity index (χ1) is 9.72. The van der Waals surface area contributed by atoms with Crippen molar-refractivity contribution in [2.75, 3.05) is 26.2 Å². The van der Waals surface area contributed by atoms with Gasteiger partial charge in [0.25, 0.3) is 0 Å². The van der Waals surface area contributed by atoms with Crippen LogP contribution in [0, 0.1) is 0 Å². The fourth-order valence-electron chi connectivity index (χ4n) is 2.49. The van der Waals surface area contributed by atoms with E-state index in [1.54, 1.807) is 12.1 Å². The molecule has 0 bridgehead atoms. The highest BCUT2D eigenvalue weighted by Gasteiger charge is 2.12. The van der Waals surface area contributed by atoms with Crippen molar-refractivity contribution < 1.29 is 14.3 Å². The maximum atomic E-state index is 11.1. The largest absolute Gasteiger partial charge is 0.504 e. The van der Waals surface area contributed by atoms with Crippen molar-refractivity contribution in [1.82, 2.24) is 4.90 Å². The lowest BCUT2D eigenvalue weighted by molar-refractivity contribution is 0.231. The van der Waals surface area contributed by atoms with E-state index in [2.05, 4.69) is 4.90 Å². The molecule has 0 unspecified atom stereocenters. The molecule has 2 heterocycles. The van der Waals surface area contributed by atoms with Crippen LogP contribution in [0.1, 0.15) is 12.8 Å². The molecule has 21 heavy (non-hydrogen) atoms. The zero-order valence-corrected chi connectivity index (χ0v) is 12.4. The summed E-state index contributed by atoms with van der Waals surface area (Å²) < 4.78 is 10.6. The molecule has 0 atom stereocenters. The molecule has 1 aliphatic heterocycles. The molecule has 5 nitrogen and oxygen atoms in total. The van der Waals surface area contributed by atoms with Crippen LogP contribution in [0.15, 0.2) is 33.5 Å². The average Bonchev–Trinajstić information content (AvgIpc) is 2.93. The monoisotopic (exact) mass is 311 g/mol. The summed E-state index contributed by atoms with van der Waals surface area (Å²) in [6.07, 6.45) is 2.50. The molecule has 0 spiro atoms. The first-order valence-corrected chi connectivity index (χ1v) is 6.84. The zero-order chi connectivity index (χ0) is 13.9. The van der Waals surface area contributed by atoms with Gasteiger partial charge in [-0.1, -0.05) is 0 Å². The standard InChI is InChI=1S/C15H17NO4.ClH/c17-12-10-13-11(3-4-15(18)20-13)9-14(12)19-8-7-16-5-1-2-6-16;/h3-4,9-10,17H,1-2,5-8H2;1H. The second kappa shape index (κ2) is 6.83. The highest BCUT2D eigenvalue weighted by Crippen LogP contribution is 2.30. The molecule has 3 rings (SSSR count).